The monoisotopic (exact) mass is 377 g/mol. The second-order valence-electron chi connectivity index (χ2n) is 6.12. The second kappa shape index (κ2) is 9.47. The predicted molar refractivity (Wildman–Crippen MR) is 103 cm³/mol. The second-order valence-corrected chi connectivity index (χ2v) is 6.12. The minimum Gasteiger partial charge on any atom is -0.381 e. The number of ether oxygens (including phenoxy) is 1. The van der Waals surface area contributed by atoms with Gasteiger partial charge in [0.15, 0.2) is 0 Å². The molecule has 1 fully saturated rings. The number of benzene rings is 1. The summed E-state index contributed by atoms with van der Waals surface area (Å²) >= 11 is 0. The molecule has 1 aliphatic rings. The summed E-state index contributed by atoms with van der Waals surface area (Å²) in [6, 6.07) is 13.7. The van der Waals surface area contributed by atoms with Crippen LogP contribution in [0.4, 0.5) is 5.82 Å². The fourth-order valence-electron chi connectivity index (χ4n) is 2.69. The molecule has 0 unspecified atom stereocenters. The molecule has 1 aromatic heterocycles. The van der Waals surface area contributed by atoms with Gasteiger partial charge in [-0.05, 0) is 25.0 Å². The number of hydrogen-bond donors (Lipinski definition) is 3. The minimum atomic E-state index is -0.810. The summed E-state index contributed by atoms with van der Waals surface area (Å²) in [5, 5.41) is 14.4. The fourth-order valence-corrected chi connectivity index (χ4v) is 2.69. The summed E-state index contributed by atoms with van der Waals surface area (Å²) in [5.74, 6) is 0.547. The van der Waals surface area contributed by atoms with Gasteiger partial charge < -0.3 is 21.1 Å². The molecule has 2 heterocycles. The van der Waals surface area contributed by atoms with Crippen LogP contribution in [0.15, 0.2) is 42.5 Å². The van der Waals surface area contributed by atoms with E-state index < -0.39 is 5.54 Å². The summed E-state index contributed by atoms with van der Waals surface area (Å²) in [4.78, 5) is 12.2. The fraction of sp³-hybridized carbons (Fsp3) is 0.389. The SMILES string of the molecule is Cl.NC1(C(=O)NCCNc2ccc(-c3ccccc3)nn2)CCOCC1. The van der Waals surface area contributed by atoms with Gasteiger partial charge >= 0.3 is 0 Å². The topological polar surface area (TPSA) is 102 Å². The van der Waals surface area contributed by atoms with Crippen LogP contribution in [0.1, 0.15) is 12.8 Å². The lowest BCUT2D eigenvalue weighted by molar-refractivity contribution is -0.129. The predicted octanol–water partition coefficient (Wildman–Crippen LogP) is 1.60. The molecule has 0 radical (unpaired) electrons. The van der Waals surface area contributed by atoms with Crippen molar-refractivity contribution in [3.8, 4) is 11.3 Å². The van der Waals surface area contributed by atoms with Gasteiger partial charge in [0.2, 0.25) is 5.91 Å². The van der Waals surface area contributed by atoms with Crippen molar-refractivity contribution < 1.29 is 9.53 Å². The molecule has 26 heavy (non-hydrogen) atoms. The van der Waals surface area contributed by atoms with Crippen molar-refractivity contribution in [2.45, 2.75) is 18.4 Å². The van der Waals surface area contributed by atoms with E-state index in [0.717, 1.165) is 11.3 Å². The Bertz CT molecular complexity index is 690. The molecular formula is C18H24ClN5O2. The molecule has 0 aliphatic carbocycles. The van der Waals surface area contributed by atoms with Crippen LogP contribution in [-0.4, -0.2) is 47.9 Å². The smallest absolute Gasteiger partial charge is 0.240 e. The van der Waals surface area contributed by atoms with E-state index in [0.29, 0.717) is 45.0 Å². The first-order chi connectivity index (χ1) is 12.2. The molecule has 0 saturated carbocycles. The summed E-state index contributed by atoms with van der Waals surface area (Å²) in [7, 11) is 0. The van der Waals surface area contributed by atoms with Crippen LogP contribution < -0.4 is 16.4 Å². The van der Waals surface area contributed by atoms with Crippen molar-refractivity contribution in [3.05, 3.63) is 42.5 Å². The van der Waals surface area contributed by atoms with Gasteiger partial charge in [0.1, 0.15) is 5.82 Å². The maximum atomic E-state index is 12.2. The lowest BCUT2D eigenvalue weighted by Gasteiger charge is -2.31. The van der Waals surface area contributed by atoms with E-state index in [2.05, 4.69) is 20.8 Å². The lowest BCUT2D eigenvalue weighted by Crippen LogP contribution is -2.57. The van der Waals surface area contributed by atoms with Gasteiger partial charge in [-0.3, -0.25) is 4.79 Å². The summed E-state index contributed by atoms with van der Waals surface area (Å²) in [6.07, 6.45) is 1.11. The zero-order chi connectivity index (χ0) is 17.5. The van der Waals surface area contributed by atoms with E-state index >= 15 is 0 Å². The average molecular weight is 378 g/mol. The van der Waals surface area contributed by atoms with E-state index in [4.69, 9.17) is 10.5 Å². The number of anilines is 1. The molecule has 140 valence electrons. The van der Waals surface area contributed by atoms with E-state index in [-0.39, 0.29) is 18.3 Å². The van der Waals surface area contributed by atoms with E-state index in [1.807, 2.05) is 42.5 Å². The molecule has 7 nitrogen and oxygen atoms in total. The Labute approximate surface area is 159 Å². The first kappa shape index (κ1) is 20.1. The van der Waals surface area contributed by atoms with Crippen LogP contribution in [-0.2, 0) is 9.53 Å². The highest BCUT2D eigenvalue weighted by Crippen LogP contribution is 2.18. The Morgan fingerprint density at radius 1 is 1.08 bits per heavy atom. The van der Waals surface area contributed by atoms with Crippen molar-refractivity contribution >= 4 is 24.1 Å². The van der Waals surface area contributed by atoms with Crippen LogP contribution >= 0.6 is 12.4 Å². The minimum absolute atomic E-state index is 0. The van der Waals surface area contributed by atoms with Gasteiger partial charge in [-0.1, -0.05) is 30.3 Å². The number of nitrogens with two attached hydrogens (primary N) is 1. The molecule has 1 amide bonds. The molecule has 1 aliphatic heterocycles. The zero-order valence-electron chi connectivity index (χ0n) is 14.5. The Morgan fingerprint density at radius 3 is 2.46 bits per heavy atom. The summed E-state index contributed by atoms with van der Waals surface area (Å²) < 4.78 is 5.25. The van der Waals surface area contributed by atoms with Crippen LogP contribution in [0.3, 0.4) is 0 Å². The molecule has 1 saturated heterocycles. The maximum absolute atomic E-state index is 12.2. The highest BCUT2D eigenvalue weighted by atomic mass is 35.5. The van der Waals surface area contributed by atoms with Crippen molar-refractivity contribution in [3.63, 3.8) is 0 Å². The third-order valence-corrected chi connectivity index (χ3v) is 4.29. The number of nitrogens with zero attached hydrogens (tertiary/aromatic N) is 2. The Morgan fingerprint density at radius 2 is 1.81 bits per heavy atom. The standard InChI is InChI=1S/C18H23N5O2.ClH/c19-18(8-12-25-13-9-18)17(24)21-11-10-20-16-7-6-15(22-23-16)14-4-2-1-3-5-14;/h1-7H,8-13,19H2,(H,20,23)(H,21,24);1H. The Hall–Kier alpha value is -2.22. The average Bonchev–Trinajstić information content (AvgIpc) is 2.67. The number of hydrogen-bond acceptors (Lipinski definition) is 6. The first-order valence-corrected chi connectivity index (χ1v) is 8.45. The van der Waals surface area contributed by atoms with Crippen LogP contribution in [0.5, 0.6) is 0 Å². The van der Waals surface area contributed by atoms with Crippen molar-refractivity contribution in [1.29, 1.82) is 0 Å². The molecule has 2 aromatic rings. The molecule has 0 spiro atoms. The summed E-state index contributed by atoms with van der Waals surface area (Å²) in [5.41, 5.74) is 7.17. The Balaban J connectivity index is 0.00000243. The van der Waals surface area contributed by atoms with Crippen LogP contribution in [0.25, 0.3) is 11.3 Å². The van der Waals surface area contributed by atoms with Crippen LogP contribution in [0, 0.1) is 0 Å². The number of carbonyl (C=O) groups excluding carboxylic acids is 1. The van der Waals surface area contributed by atoms with E-state index in [1.165, 1.54) is 0 Å². The number of halogens is 1. The molecule has 4 N–H and O–H groups in total. The normalized spacial score (nSPS) is 15.6. The van der Waals surface area contributed by atoms with Crippen molar-refractivity contribution in [1.82, 2.24) is 15.5 Å². The first-order valence-electron chi connectivity index (χ1n) is 8.45. The number of rotatable bonds is 6. The number of aromatic nitrogens is 2. The molecule has 8 heteroatoms. The van der Waals surface area contributed by atoms with Crippen LogP contribution in [0.2, 0.25) is 0 Å². The molecule has 0 atom stereocenters. The zero-order valence-corrected chi connectivity index (χ0v) is 15.3. The Kier molecular flexibility index (Phi) is 7.32. The largest absolute Gasteiger partial charge is 0.381 e. The van der Waals surface area contributed by atoms with E-state index in [9.17, 15) is 4.79 Å². The van der Waals surface area contributed by atoms with E-state index in [1.54, 1.807) is 0 Å². The van der Waals surface area contributed by atoms with Gasteiger partial charge in [-0.15, -0.1) is 22.6 Å². The number of nitrogens with one attached hydrogen (secondary N) is 2. The molecule has 1 aromatic carbocycles. The third-order valence-electron chi connectivity index (χ3n) is 4.29. The van der Waals surface area contributed by atoms with Crippen molar-refractivity contribution in [2.24, 2.45) is 5.73 Å². The third kappa shape index (κ3) is 5.14. The van der Waals surface area contributed by atoms with Gasteiger partial charge in [0.05, 0.1) is 11.2 Å². The highest BCUT2D eigenvalue weighted by molar-refractivity contribution is 5.86. The number of amides is 1. The lowest BCUT2D eigenvalue weighted by atomic mass is 9.90. The molecule has 3 rings (SSSR count). The van der Waals surface area contributed by atoms with Crippen molar-refractivity contribution in [2.75, 3.05) is 31.6 Å². The quantitative estimate of drug-likeness (QED) is 0.661. The van der Waals surface area contributed by atoms with Gasteiger partial charge in [-0.2, -0.15) is 0 Å². The number of carbonyl (C=O) groups is 1. The van der Waals surface area contributed by atoms with Gasteiger partial charge in [0, 0.05) is 31.9 Å². The highest BCUT2D eigenvalue weighted by Gasteiger charge is 2.35. The summed E-state index contributed by atoms with van der Waals surface area (Å²) in [6.45, 7) is 2.09. The maximum Gasteiger partial charge on any atom is 0.240 e. The molecule has 0 bridgehead atoms. The van der Waals surface area contributed by atoms with Gasteiger partial charge in [0.25, 0.3) is 0 Å². The molecular weight excluding hydrogens is 354 g/mol. The van der Waals surface area contributed by atoms with Gasteiger partial charge in [-0.25, -0.2) is 0 Å².